The van der Waals surface area contributed by atoms with Crippen LogP contribution in [-0.4, -0.2) is 15.7 Å². The highest BCUT2D eigenvalue weighted by molar-refractivity contribution is 7.99. The van der Waals surface area contributed by atoms with E-state index in [0.717, 1.165) is 12.2 Å². The molecule has 0 aliphatic heterocycles. The van der Waals surface area contributed by atoms with Crippen molar-refractivity contribution in [3.63, 3.8) is 0 Å². The average Bonchev–Trinajstić information content (AvgIpc) is 2.12. The summed E-state index contributed by atoms with van der Waals surface area (Å²) in [6.07, 6.45) is 3.90. The van der Waals surface area contributed by atoms with Gasteiger partial charge in [-0.2, -0.15) is 0 Å². The average molecular weight is 198 g/mol. The first-order valence-electron chi connectivity index (χ1n) is 4.24. The third-order valence-electron chi connectivity index (χ3n) is 1.55. The first-order chi connectivity index (χ1) is 6.24. The molecular weight excluding hydrogens is 184 g/mol. The van der Waals surface area contributed by atoms with Crippen LogP contribution < -0.4 is 11.5 Å². The number of hydrogen-bond acceptors (Lipinski definition) is 5. The maximum atomic E-state index is 5.54. The predicted octanol–water partition coefficient (Wildman–Crippen LogP) is 1.53. The van der Waals surface area contributed by atoms with E-state index in [1.165, 1.54) is 6.42 Å². The molecule has 0 aliphatic rings. The molecule has 0 amide bonds. The van der Waals surface area contributed by atoms with E-state index in [9.17, 15) is 0 Å². The molecule has 0 radical (unpaired) electrons. The van der Waals surface area contributed by atoms with Crippen LogP contribution in [0.1, 0.15) is 19.8 Å². The summed E-state index contributed by atoms with van der Waals surface area (Å²) in [5.74, 6) is 1.40. The van der Waals surface area contributed by atoms with Crippen LogP contribution in [0.25, 0.3) is 0 Å². The standard InChI is InChI=1S/C8H14N4S/c1-2-3-4-13-8-11-5-6(9)7(10)12-8/h5H,2-4,9H2,1H3,(H2,10,11,12). The zero-order valence-corrected chi connectivity index (χ0v) is 8.47. The summed E-state index contributed by atoms with van der Waals surface area (Å²) in [4.78, 5) is 8.11. The topological polar surface area (TPSA) is 77.8 Å². The van der Waals surface area contributed by atoms with Gasteiger partial charge < -0.3 is 11.5 Å². The van der Waals surface area contributed by atoms with Crippen molar-refractivity contribution in [2.24, 2.45) is 0 Å². The molecule has 0 bridgehead atoms. The van der Waals surface area contributed by atoms with E-state index in [1.54, 1.807) is 18.0 Å². The van der Waals surface area contributed by atoms with Crippen LogP contribution in [0.2, 0.25) is 0 Å². The van der Waals surface area contributed by atoms with Crippen molar-refractivity contribution in [2.75, 3.05) is 17.2 Å². The van der Waals surface area contributed by atoms with Gasteiger partial charge in [-0.1, -0.05) is 25.1 Å². The first-order valence-corrected chi connectivity index (χ1v) is 5.23. The lowest BCUT2D eigenvalue weighted by Crippen LogP contribution is -2.00. The van der Waals surface area contributed by atoms with Crippen molar-refractivity contribution in [3.05, 3.63) is 6.20 Å². The number of thioether (sulfide) groups is 1. The van der Waals surface area contributed by atoms with E-state index in [-0.39, 0.29) is 0 Å². The summed E-state index contributed by atoms with van der Waals surface area (Å²) in [7, 11) is 0. The fourth-order valence-electron chi connectivity index (χ4n) is 0.765. The Labute approximate surface area is 82.1 Å². The molecule has 0 unspecified atom stereocenters. The lowest BCUT2D eigenvalue weighted by molar-refractivity contribution is 0.889. The van der Waals surface area contributed by atoms with Gasteiger partial charge in [-0.05, 0) is 6.42 Å². The van der Waals surface area contributed by atoms with Crippen molar-refractivity contribution in [2.45, 2.75) is 24.9 Å². The van der Waals surface area contributed by atoms with Crippen molar-refractivity contribution < 1.29 is 0 Å². The number of nitrogen functional groups attached to an aromatic ring is 2. The van der Waals surface area contributed by atoms with Gasteiger partial charge in [-0.3, -0.25) is 0 Å². The van der Waals surface area contributed by atoms with Gasteiger partial charge in [0.1, 0.15) is 0 Å². The molecule has 13 heavy (non-hydrogen) atoms. The van der Waals surface area contributed by atoms with Gasteiger partial charge in [0, 0.05) is 5.75 Å². The third kappa shape index (κ3) is 3.10. The first kappa shape index (κ1) is 10.1. The van der Waals surface area contributed by atoms with Crippen LogP contribution in [0.4, 0.5) is 11.5 Å². The van der Waals surface area contributed by atoms with Crippen LogP contribution in [-0.2, 0) is 0 Å². The second-order valence-electron chi connectivity index (χ2n) is 2.70. The van der Waals surface area contributed by atoms with E-state index in [1.807, 2.05) is 0 Å². The van der Waals surface area contributed by atoms with Crippen LogP contribution in [0.15, 0.2) is 11.4 Å². The van der Waals surface area contributed by atoms with E-state index in [4.69, 9.17) is 11.5 Å². The number of rotatable bonds is 4. The van der Waals surface area contributed by atoms with Crippen molar-refractivity contribution in [1.29, 1.82) is 0 Å². The number of nitrogens with zero attached hydrogens (tertiary/aromatic N) is 2. The maximum Gasteiger partial charge on any atom is 0.189 e. The van der Waals surface area contributed by atoms with E-state index >= 15 is 0 Å². The lowest BCUT2D eigenvalue weighted by Gasteiger charge is -2.01. The highest BCUT2D eigenvalue weighted by Crippen LogP contribution is 2.18. The van der Waals surface area contributed by atoms with Gasteiger partial charge in [0.15, 0.2) is 11.0 Å². The van der Waals surface area contributed by atoms with Gasteiger partial charge in [0.25, 0.3) is 0 Å². The highest BCUT2D eigenvalue weighted by Gasteiger charge is 2.00. The Bertz CT molecular complexity index is 277. The second-order valence-corrected chi connectivity index (χ2v) is 3.76. The molecule has 0 spiro atoms. The summed E-state index contributed by atoms with van der Waals surface area (Å²) in [6.45, 7) is 2.15. The Hall–Kier alpha value is -0.970. The normalized spacial score (nSPS) is 10.2. The molecule has 0 atom stereocenters. The molecule has 5 heteroatoms. The van der Waals surface area contributed by atoms with Crippen molar-refractivity contribution >= 4 is 23.3 Å². The Kier molecular flexibility index (Phi) is 3.82. The summed E-state index contributed by atoms with van der Waals surface area (Å²) < 4.78 is 0. The maximum absolute atomic E-state index is 5.54. The number of aromatic nitrogens is 2. The van der Waals surface area contributed by atoms with Gasteiger partial charge in [0.05, 0.1) is 11.9 Å². The molecule has 0 aromatic carbocycles. The number of nitrogens with two attached hydrogens (primary N) is 2. The minimum atomic E-state index is 0.369. The van der Waals surface area contributed by atoms with Gasteiger partial charge in [0.2, 0.25) is 0 Å². The number of hydrogen-bond donors (Lipinski definition) is 2. The SMILES string of the molecule is CCCCSc1ncc(N)c(N)n1. The quantitative estimate of drug-likeness (QED) is 0.436. The zero-order valence-electron chi connectivity index (χ0n) is 7.66. The fourth-order valence-corrected chi connectivity index (χ4v) is 1.67. The second kappa shape index (κ2) is 4.91. The number of anilines is 2. The van der Waals surface area contributed by atoms with E-state index in [0.29, 0.717) is 16.7 Å². The minimum Gasteiger partial charge on any atom is -0.394 e. The molecule has 0 saturated carbocycles. The van der Waals surface area contributed by atoms with E-state index < -0.39 is 0 Å². The predicted molar refractivity (Wildman–Crippen MR) is 56.5 cm³/mol. The molecule has 0 aliphatic carbocycles. The monoisotopic (exact) mass is 198 g/mol. The summed E-state index contributed by atoms with van der Waals surface area (Å²) in [6, 6.07) is 0. The molecular formula is C8H14N4S. The minimum absolute atomic E-state index is 0.369. The molecule has 72 valence electrons. The molecule has 4 nitrogen and oxygen atoms in total. The fraction of sp³-hybridized carbons (Fsp3) is 0.500. The van der Waals surface area contributed by atoms with Gasteiger partial charge >= 0.3 is 0 Å². The summed E-state index contributed by atoms with van der Waals surface area (Å²) >= 11 is 1.61. The largest absolute Gasteiger partial charge is 0.394 e. The molecule has 0 fully saturated rings. The van der Waals surface area contributed by atoms with Crippen LogP contribution >= 0.6 is 11.8 Å². The van der Waals surface area contributed by atoms with Crippen molar-refractivity contribution in [1.82, 2.24) is 9.97 Å². The Morgan fingerprint density at radius 2 is 2.23 bits per heavy atom. The molecule has 4 N–H and O–H groups in total. The van der Waals surface area contributed by atoms with E-state index in [2.05, 4.69) is 16.9 Å². The Balaban J connectivity index is 2.53. The van der Waals surface area contributed by atoms with Gasteiger partial charge in [-0.25, -0.2) is 9.97 Å². The smallest absolute Gasteiger partial charge is 0.189 e. The zero-order chi connectivity index (χ0) is 9.68. The van der Waals surface area contributed by atoms with Crippen LogP contribution in [0.3, 0.4) is 0 Å². The van der Waals surface area contributed by atoms with Crippen molar-refractivity contribution in [3.8, 4) is 0 Å². The van der Waals surface area contributed by atoms with Crippen LogP contribution in [0, 0.1) is 0 Å². The molecule has 1 aromatic heterocycles. The summed E-state index contributed by atoms with van der Waals surface area (Å²) in [5.41, 5.74) is 11.5. The third-order valence-corrected chi connectivity index (χ3v) is 2.50. The van der Waals surface area contributed by atoms with Gasteiger partial charge in [-0.15, -0.1) is 0 Å². The lowest BCUT2D eigenvalue weighted by atomic mass is 10.4. The van der Waals surface area contributed by atoms with Crippen LogP contribution in [0.5, 0.6) is 0 Å². The molecule has 1 heterocycles. The number of unbranched alkanes of at least 4 members (excludes halogenated alkanes) is 1. The molecule has 1 aromatic rings. The Morgan fingerprint density at radius 1 is 1.46 bits per heavy atom. The highest BCUT2D eigenvalue weighted by atomic mass is 32.2. The molecule has 0 saturated heterocycles. The Morgan fingerprint density at radius 3 is 2.85 bits per heavy atom. The molecule has 1 rings (SSSR count). The summed E-state index contributed by atoms with van der Waals surface area (Å²) in [5, 5.41) is 0.708.